The Morgan fingerprint density at radius 1 is 1.43 bits per heavy atom. The average Bonchev–Trinajstić information content (AvgIpc) is 3.16. The highest BCUT2D eigenvalue weighted by Crippen LogP contribution is 2.23. The summed E-state index contributed by atoms with van der Waals surface area (Å²) in [6, 6.07) is 1.04. The quantitative estimate of drug-likeness (QED) is 0.868. The van der Waals surface area contributed by atoms with Gasteiger partial charge in [0.1, 0.15) is 5.69 Å². The zero-order chi connectivity index (χ0) is 16.4. The van der Waals surface area contributed by atoms with Crippen LogP contribution in [0.4, 0.5) is 8.78 Å². The van der Waals surface area contributed by atoms with Crippen LogP contribution in [0, 0.1) is 5.92 Å². The minimum Gasteiger partial charge on any atom is -0.391 e. The fourth-order valence-corrected chi connectivity index (χ4v) is 2.64. The largest absolute Gasteiger partial charge is 0.391 e. The summed E-state index contributed by atoms with van der Waals surface area (Å²) >= 11 is 0. The van der Waals surface area contributed by atoms with Gasteiger partial charge in [0.2, 0.25) is 0 Å². The summed E-state index contributed by atoms with van der Waals surface area (Å²) in [4.78, 5) is 21.8. The zero-order valence-electron chi connectivity index (χ0n) is 12.1. The number of carbonyl (C=O) groups excluding carboxylic acids is 1. The smallest absolute Gasteiger partial charge is 0.279 e. The first-order valence-corrected chi connectivity index (χ1v) is 7.10. The molecular formula is C14H15F2N5O2. The molecule has 0 saturated carbocycles. The van der Waals surface area contributed by atoms with Gasteiger partial charge in [-0.15, -0.1) is 0 Å². The van der Waals surface area contributed by atoms with Crippen molar-refractivity contribution in [2.24, 2.45) is 5.92 Å². The van der Waals surface area contributed by atoms with Crippen LogP contribution in [0.2, 0.25) is 0 Å². The molecule has 0 spiro atoms. The van der Waals surface area contributed by atoms with Crippen LogP contribution in [0.15, 0.2) is 24.7 Å². The molecule has 1 fully saturated rings. The third-order valence-corrected chi connectivity index (χ3v) is 3.83. The molecule has 0 aromatic carbocycles. The van der Waals surface area contributed by atoms with Crippen molar-refractivity contribution < 1.29 is 18.7 Å². The molecule has 23 heavy (non-hydrogen) atoms. The summed E-state index contributed by atoms with van der Waals surface area (Å²) in [5, 5.41) is 15.9. The summed E-state index contributed by atoms with van der Waals surface area (Å²) in [6.07, 6.45) is 1.81. The van der Waals surface area contributed by atoms with E-state index in [2.05, 4.69) is 20.2 Å². The lowest BCUT2D eigenvalue weighted by atomic mass is 10.0. The van der Waals surface area contributed by atoms with Gasteiger partial charge in [-0.25, -0.2) is 8.78 Å². The Labute approximate surface area is 130 Å². The van der Waals surface area contributed by atoms with Gasteiger partial charge in [0.25, 0.3) is 12.3 Å². The van der Waals surface area contributed by atoms with E-state index in [1.807, 2.05) is 0 Å². The lowest BCUT2D eigenvalue weighted by Gasteiger charge is -2.14. The van der Waals surface area contributed by atoms with Crippen molar-refractivity contribution in [2.45, 2.75) is 19.0 Å². The molecule has 3 rings (SSSR count). The summed E-state index contributed by atoms with van der Waals surface area (Å²) in [5.41, 5.74) is 0.252. The molecule has 0 unspecified atom stereocenters. The highest BCUT2D eigenvalue weighted by Gasteiger charge is 2.35. The maximum Gasteiger partial charge on any atom is 0.279 e. The normalized spacial score (nSPS) is 21.1. The number of nitrogens with one attached hydrogen (secondary N) is 1. The number of hydrogen-bond acceptors (Lipinski definition) is 5. The average molecular weight is 323 g/mol. The van der Waals surface area contributed by atoms with Gasteiger partial charge in [0.15, 0.2) is 5.69 Å². The molecule has 1 aliphatic rings. The van der Waals surface area contributed by atoms with E-state index in [-0.39, 0.29) is 18.2 Å². The van der Waals surface area contributed by atoms with Crippen molar-refractivity contribution in [1.29, 1.82) is 0 Å². The fourth-order valence-electron chi connectivity index (χ4n) is 2.64. The van der Waals surface area contributed by atoms with E-state index in [0.29, 0.717) is 13.0 Å². The van der Waals surface area contributed by atoms with Crippen molar-refractivity contribution in [3.8, 4) is 0 Å². The number of nitrogens with zero attached hydrogens (tertiary/aromatic N) is 4. The van der Waals surface area contributed by atoms with E-state index in [0.717, 1.165) is 11.8 Å². The topological polar surface area (TPSA) is 95.0 Å². The third-order valence-electron chi connectivity index (χ3n) is 3.83. The third kappa shape index (κ3) is 3.34. The molecule has 1 aliphatic heterocycles. The number of aromatic amines is 1. The second-order valence-corrected chi connectivity index (χ2v) is 5.45. The first-order valence-electron chi connectivity index (χ1n) is 7.10. The van der Waals surface area contributed by atoms with Crippen molar-refractivity contribution in [3.63, 3.8) is 0 Å². The number of H-pyrrole nitrogens is 1. The van der Waals surface area contributed by atoms with Crippen molar-refractivity contribution in [2.75, 3.05) is 13.1 Å². The molecule has 3 heterocycles. The van der Waals surface area contributed by atoms with Gasteiger partial charge in [-0.1, -0.05) is 0 Å². The number of rotatable bonds is 4. The molecule has 0 bridgehead atoms. The van der Waals surface area contributed by atoms with Crippen LogP contribution in [0.5, 0.6) is 0 Å². The molecule has 2 N–H and O–H groups in total. The molecule has 1 amide bonds. The van der Waals surface area contributed by atoms with Crippen LogP contribution < -0.4 is 0 Å². The molecule has 2 aromatic heterocycles. The monoisotopic (exact) mass is 323 g/mol. The standard InChI is InChI=1S/C14H15F2N5O2/c15-13(16)10-4-11(20-19-10)14(23)21-6-8(12(22)7-21)3-9-5-17-1-2-18-9/h1-2,4-5,8,12-13,22H,3,6-7H2,(H,19,20)/t8-,12-/m1/s1. The fraction of sp³-hybridized carbons (Fsp3) is 0.429. The number of halogens is 2. The molecular weight excluding hydrogens is 308 g/mol. The van der Waals surface area contributed by atoms with E-state index in [1.165, 1.54) is 4.90 Å². The van der Waals surface area contributed by atoms with Crippen molar-refractivity contribution >= 4 is 5.91 Å². The summed E-state index contributed by atoms with van der Waals surface area (Å²) in [7, 11) is 0. The van der Waals surface area contributed by atoms with Gasteiger partial charge in [0.05, 0.1) is 11.8 Å². The number of carbonyl (C=O) groups is 1. The van der Waals surface area contributed by atoms with Crippen LogP contribution >= 0.6 is 0 Å². The number of aliphatic hydroxyl groups is 1. The van der Waals surface area contributed by atoms with E-state index in [4.69, 9.17) is 0 Å². The lowest BCUT2D eigenvalue weighted by molar-refractivity contribution is 0.0759. The van der Waals surface area contributed by atoms with Crippen LogP contribution in [-0.4, -0.2) is 55.3 Å². The van der Waals surface area contributed by atoms with E-state index < -0.39 is 24.1 Å². The van der Waals surface area contributed by atoms with E-state index in [1.54, 1.807) is 18.6 Å². The predicted molar refractivity (Wildman–Crippen MR) is 74.7 cm³/mol. The number of β-amino-alcohol motifs (C(OH)–C–C–N with tert-alkyl or cyclic N) is 1. The Bertz CT molecular complexity index is 679. The summed E-state index contributed by atoms with van der Waals surface area (Å²) in [5.74, 6) is -0.655. The van der Waals surface area contributed by atoms with E-state index in [9.17, 15) is 18.7 Å². The second kappa shape index (κ2) is 6.37. The molecule has 2 atom stereocenters. The molecule has 9 heteroatoms. The minimum absolute atomic E-state index is 0.0762. The molecule has 0 aliphatic carbocycles. The molecule has 7 nitrogen and oxygen atoms in total. The number of aliphatic hydroxyl groups excluding tert-OH is 1. The highest BCUT2D eigenvalue weighted by molar-refractivity contribution is 5.92. The molecule has 0 radical (unpaired) electrons. The second-order valence-electron chi connectivity index (χ2n) is 5.45. The zero-order valence-corrected chi connectivity index (χ0v) is 12.1. The van der Waals surface area contributed by atoms with Crippen LogP contribution in [0.1, 0.15) is 28.3 Å². The maximum absolute atomic E-state index is 12.5. The number of hydrogen-bond donors (Lipinski definition) is 2. The molecule has 2 aromatic rings. The highest BCUT2D eigenvalue weighted by atomic mass is 19.3. The Hall–Kier alpha value is -2.42. The molecule has 122 valence electrons. The van der Waals surface area contributed by atoms with Gasteiger partial charge >= 0.3 is 0 Å². The SMILES string of the molecule is O=C(c1cc(C(F)F)[nH]n1)N1C[C@@H](Cc2cnccn2)[C@H](O)C1. The summed E-state index contributed by atoms with van der Waals surface area (Å²) < 4.78 is 25.1. The lowest BCUT2D eigenvalue weighted by Crippen LogP contribution is -2.29. The Morgan fingerprint density at radius 3 is 2.91 bits per heavy atom. The Balaban J connectivity index is 1.66. The number of alkyl halides is 2. The summed E-state index contributed by atoms with van der Waals surface area (Å²) in [6.45, 7) is 0.452. The van der Waals surface area contributed by atoms with Gasteiger partial charge in [-0.3, -0.25) is 19.9 Å². The first-order chi connectivity index (χ1) is 11.0. The van der Waals surface area contributed by atoms with Crippen LogP contribution in [-0.2, 0) is 6.42 Å². The minimum atomic E-state index is -2.71. The number of amides is 1. The maximum atomic E-state index is 12.5. The number of aromatic nitrogens is 4. The molecule has 1 saturated heterocycles. The predicted octanol–water partition coefficient (Wildman–Crippen LogP) is 0.813. The van der Waals surface area contributed by atoms with E-state index >= 15 is 0 Å². The Morgan fingerprint density at radius 2 is 2.26 bits per heavy atom. The van der Waals surface area contributed by atoms with Gasteiger partial charge in [-0.2, -0.15) is 5.10 Å². The van der Waals surface area contributed by atoms with Crippen molar-refractivity contribution in [1.82, 2.24) is 25.1 Å². The number of likely N-dealkylation sites (tertiary alicyclic amines) is 1. The van der Waals surface area contributed by atoms with Crippen LogP contribution in [0.3, 0.4) is 0 Å². The Kier molecular flexibility index (Phi) is 4.28. The van der Waals surface area contributed by atoms with Gasteiger partial charge < -0.3 is 10.0 Å². The van der Waals surface area contributed by atoms with Crippen LogP contribution in [0.25, 0.3) is 0 Å². The first kappa shape index (κ1) is 15.5. The van der Waals surface area contributed by atoms with Crippen molar-refractivity contribution in [3.05, 3.63) is 41.7 Å². The van der Waals surface area contributed by atoms with Gasteiger partial charge in [-0.05, 0) is 12.5 Å². The van der Waals surface area contributed by atoms with Gasteiger partial charge in [0, 0.05) is 37.6 Å².